The van der Waals surface area contributed by atoms with E-state index in [2.05, 4.69) is 32.9 Å². The first-order chi connectivity index (χ1) is 18.3. The summed E-state index contributed by atoms with van der Waals surface area (Å²) in [4.78, 5) is 13.7. The fourth-order valence-corrected chi connectivity index (χ4v) is 7.56. The Morgan fingerprint density at radius 1 is 1.16 bits per heavy atom. The van der Waals surface area contributed by atoms with Crippen LogP contribution in [0.1, 0.15) is 50.3 Å². The number of hydrogen-bond acceptors (Lipinski definition) is 6. The SMILES string of the molecule is CC1(C)[C@@H]2C[C@H]3OB([C@H](Cc4coc5ccccc45)C(=O)OCCc4ccc5c(c4)CCO5)O[C@@]3(C)[C@H]1C2. The molecule has 2 aliphatic heterocycles. The van der Waals surface area contributed by atoms with E-state index in [1.54, 1.807) is 6.26 Å². The minimum absolute atomic E-state index is 0.00861. The van der Waals surface area contributed by atoms with E-state index >= 15 is 0 Å². The van der Waals surface area contributed by atoms with Crippen LogP contribution in [-0.4, -0.2) is 38.0 Å². The van der Waals surface area contributed by atoms with Crippen LogP contribution in [0, 0.1) is 17.3 Å². The summed E-state index contributed by atoms with van der Waals surface area (Å²) in [6.45, 7) is 7.92. The molecule has 198 valence electrons. The monoisotopic (exact) mass is 514 g/mol. The van der Waals surface area contributed by atoms with Crippen LogP contribution in [0.2, 0.25) is 5.82 Å². The second-order valence-electron chi connectivity index (χ2n) is 12.4. The molecule has 3 aliphatic carbocycles. The Morgan fingerprint density at radius 2 is 2.03 bits per heavy atom. The third kappa shape index (κ3) is 3.81. The minimum Gasteiger partial charge on any atom is -0.493 e. The Bertz CT molecular complexity index is 1380. The van der Waals surface area contributed by atoms with Gasteiger partial charge in [-0.05, 0) is 72.3 Å². The predicted molar refractivity (Wildman–Crippen MR) is 144 cm³/mol. The van der Waals surface area contributed by atoms with E-state index < -0.39 is 12.9 Å². The van der Waals surface area contributed by atoms with E-state index in [0.717, 1.165) is 47.3 Å². The highest BCUT2D eigenvalue weighted by molar-refractivity contribution is 6.52. The number of benzene rings is 2. The molecule has 0 radical (unpaired) electrons. The first kappa shape index (κ1) is 24.3. The first-order valence-corrected chi connectivity index (χ1v) is 14.0. The number of furan rings is 1. The molecule has 1 aromatic heterocycles. The second kappa shape index (κ2) is 8.89. The van der Waals surface area contributed by atoms with Crippen molar-refractivity contribution in [1.29, 1.82) is 0 Å². The highest BCUT2D eigenvalue weighted by Gasteiger charge is 2.69. The van der Waals surface area contributed by atoms with E-state index in [9.17, 15) is 4.79 Å². The first-order valence-electron chi connectivity index (χ1n) is 14.0. The zero-order chi connectivity index (χ0) is 26.1. The second-order valence-corrected chi connectivity index (χ2v) is 12.4. The number of carbonyl (C=O) groups excluding carboxylic acids is 1. The summed E-state index contributed by atoms with van der Waals surface area (Å²) >= 11 is 0. The molecule has 0 N–H and O–H groups in total. The largest absolute Gasteiger partial charge is 0.493 e. The number of carbonyl (C=O) groups is 1. The Morgan fingerprint density at radius 3 is 2.89 bits per heavy atom. The maximum atomic E-state index is 13.7. The van der Waals surface area contributed by atoms with E-state index in [1.165, 1.54) is 12.0 Å². The smallest absolute Gasteiger partial charge is 0.472 e. The van der Waals surface area contributed by atoms with Crippen molar-refractivity contribution < 1.29 is 28.0 Å². The summed E-state index contributed by atoms with van der Waals surface area (Å²) in [6.07, 6.45) is 5.94. The summed E-state index contributed by atoms with van der Waals surface area (Å²) in [5.74, 6) is 1.18. The van der Waals surface area contributed by atoms with Crippen LogP contribution in [0.4, 0.5) is 0 Å². The molecule has 1 saturated heterocycles. The van der Waals surface area contributed by atoms with Gasteiger partial charge in [0.05, 0.1) is 37.0 Å². The average Bonchev–Trinajstić information content (AvgIpc) is 3.62. The van der Waals surface area contributed by atoms with Crippen molar-refractivity contribution in [3.05, 3.63) is 65.4 Å². The lowest BCUT2D eigenvalue weighted by Crippen LogP contribution is -2.65. The Hall–Kier alpha value is -2.77. The molecule has 2 bridgehead atoms. The third-order valence-electron chi connectivity index (χ3n) is 9.99. The quantitative estimate of drug-likeness (QED) is 0.294. The molecule has 3 aromatic rings. The van der Waals surface area contributed by atoms with Crippen LogP contribution < -0.4 is 4.74 Å². The molecule has 0 amide bonds. The Labute approximate surface area is 224 Å². The van der Waals surface area contributed by atoms with Gasteiger partial charge in [0.25, 0.3) is 0 Å². The summed E-state index contributed by atoms with van der Waals surface area (Å²) in [5.41, 5.74) is 4.01. The molecule has 3 heterocycles. The van der Waals surface area contributed by atoms with Crippen LogP contribution in [-0.2, 0) is 38.1 Å². The minimum atomic E-state index is -0.640. The number of fused-ring (bicyclic) bond motifs is 2. The van der Waals surface area contributed by atoms with Gasteiger partial charge in [-0.15, -0.1) is 0 Å². The molecule has 2 aromatic carbocycles. The van der Waals surface area contributed by atoms with Crippen molar-refractivity contribution in [3.63, 3.8) is 0 Å². The fraction of sp³-hybridized carbons (Fsp3) is 0.516. The van der Waals surface area contributed by atoms with Gasteiger partial charge in [-0.2, -0.15) is 0 Å². The highest BCUT2D eigenvalue weighted by Crippen LogP contribution is 2.66. The van der Waals surface area contributed by atoms with Gasteiger partial charge in [-0.3, -0.25) is 4.79 Å². The summed E-state index contributed by atoms with van der Waals surface area (Å²) in [5, 5.41) is 1.01. The van der Waals surface area contributed by atoms with Gasteiger partial charge in [-0.25, -0.2) is 0 Å². The standard InChI is InChI=1S/C31H35BO6/c1-30(2)22-16-27(30)31(3)28(17-22)37-32(38-31)24(15-21-18-36-26-7-5-4-6-23(21)26)29(33)35-12-10-19-8-9-25-20(14-19)11-13-34-25/h4-9,14,18,22,24,27-28H,10-13,15-17H2,1-3H3/t22-,24+,27-,28+,31-/m0/s1. The molecule has 4 fully saturated rings. The van der Waals surface area contributed by atoms with E-state index in [4.69, 9.17) is 23.2 Å². The van der Waals surface area contributed by atoms with Crippen LogP contribution >= 0.6 is 0 Å². The van der Waals surface area contributed by atoms with E-state index in [-0.39, 0.29) is 23.1 Å². The lowest BCUT2D eigenvalue weighted by atomic mass is 9.43. The van der Waals surface area contributed by atoms with Gasteiger partial charge in [0.15, 0.2) is 0 Å². The van der Waals surface area contributed by atoms with Crippen molar-refractivity contribution >= 4 is 24.1 Å². The molecular formula is C31H35BO6. The molecule has 8 rings (SSSR count). The zero-order valence-electron chi connectivity index (χ0n) is 22.4. The van der Waals surface area contributed by atoms with Crippen molar-refractivity contribution in [2.45, 2.75) is 70.4 Å². The summed E-state index contributed by atoms with van der Waals surface area (Å²) in [6, 6.07) is 14.1. The van der Waals surface area contributed by atoms with Crippen molar-refractivity contribution in [2.75, 3.05) is 13.2 Å². The summed E-state index contributed by atoms with van der Waals surface area (Å²) in [7, 11) is -0.640. The number of ether oxygens (including phenoxy) is 2. The van der Waals surface area contributed by atoms with Gasteiger partial charge in [0, 0.05) is 18.2 Å². The topological polar surface area (TPSA) is 67.1 Å². The Balaban J connectivity index is 1.10. The molecule has 5 atom stereocenters. The number of esters is 1. The maximum Gasteiger partial charge on any atom is 0.472 e. The highest BCUT2D eigenvalue weighted by atomic mass is 16.7. The molecule has 0 spiro atoms. The van der Waals surface area contributed by atoms with Gasteiger partial charge in [-0.1, -0.05) is 44.2 Å². The fourth-order valence-electron chi connectivity index (χ4n) is 7.56. The molecule has 3 saturated carbocycles. The van der Waals surface area contributed by atoms with Crippen molar-refractivity contribution in [1.82, 2.24) is 0 Å². The van der Waals surface area contributed by atoms with Crippen LogP contribution in [0.5, 0.6) is 5.75 Å². The molecule has 5 aliphatic rings. The molecular weight excluding hydrogens is 479 g/mol. The molecule has 0 unspecified atom stereocenters. The van der Waals surface area contributed by atoms with Crippen LogP contribution in [0.25, 0.3) is 11.0 Å². The third-order valence-corrected chi connectivity index (χ3v) is 9.99. The summed E-state index contributed by atoms with van der Waals surface area (Å²) < 4.78 is 30.6. The maximum absolute atomic E-state index is 13.7. The lowest BCUT2D eigenvalue weighted by molar-refractivity contribution is -0.199. The zero-order valence-corrected chi connectivity index (χ0v) is 22.4. The van der Waals surface area contributed by atoms with Gasteiger partial charge in [0.2, 0.25) is 0 Å². The van der Waals surface area contributed by atoms with Crippen LogP contribution in [0.3, 0.4) is 0 Å². The lowest BCUT2D eigenvalue weighted by Gasteiger charge is -2.64. The number of hydrogen-bond donors (Lipinski definition) is 0. The van der Waals surface area contributed by atoms with Crippen LogP contribution in [0.15, 0.2) is 53.1 Å². The van der Waals surface area contributed by atoms with Crippen molar-refractivity contribution in [2.24, 2.45) is 17.3 Å². The average molecular weight is 514 g/mol. The molecule has 7 heteroatoms. The van der Waals surface area contributed by atoms with E-state index in [1.807, 2.05) is 30.3 Å². The van der Waals surface area contributed by atoms with Gasteiger partial charge >= 0.3 is 13.1 Å². The van der Waals surface area contributed by atoms with Crippen molar-refractivity contribution in [3.8, 4) is 5.75 Å². The number of para-hydroxylation sites is 1. The molecule has 38 heavy (non-hydrogen) atoms. The normalized spacial score (nSPS) is 29.3. The predicted octanol–water partition coefficient (Wildman–Crippen LogP) is 5.79. The Kier molecular flexibility index (Phi) is 5.68. The van der Waals surface area contributed by atoms with Gasteiger partial charge < -0.3 is 23.2 Å². The molecule has 6 nitrogen and oxygen atoms in total. The van der Waals surface area contributed by atoms with E-state index in [0.29, 0.717) is 31.3 Å². The number of rotatable bonds is 7. The van der Waals surface area contributed by atoms with Gasteiger partial charge in [0.1, 0.15) is 11.3 Å².